The van der Waals surface area contributed by atoms with Gasteiger partial charge in [-0.1, -0.05) is 17.3 Å². The van der Waals surface area contributed by atoms with Crippen molar-refractivity contribution in [2.75, 3.05) is 6.54 Å². The third-order valence-electron chi connectivity index (χ3n) is 5.11. The standard InChI is InChI=1S/C20H18F3N3O3/c1-10-6-15(17-11(2)25-29-18(17)24-10)19(28)26-9-14(27)8-16(26)12-4-3-5-13(7-12)20(21,22)23/h3-7,14,16,27H,8-9H2,1-2H3. The summed E-state index contributed by atoms with van der Waals surface area (Å²) in [5, 5.41) is 14.5. The Morgan fingerprint density at radius 1 is 1.28 bits per heavy atom. The molecule has 2 atom stereocenters. The zero-order valence-corrected chi connectivity index (χ0v) is 15.7. The predicted molar refractivity (Wildman–Crippen MR) is 97.1 cm³/mol. The van der Waals surface area contributed by atoms with E-state index in [1.54, 1.807) is 19.9 Å². The molecule has 2 aromatic heterocycles. The van der Waals surface area contributed by atoms with E-state index in [1.807, 2.05) is 0 Å². The predicted octanol–water partition coefficient (Wildman–Crippen LogP) is 3.81. The first kappa shape index (κ1) is 19.4. The largest absolute Gasteiger partial charge is 0.416 e. The smallest absolute Gasteiger partial charge is 0.391 e. The normalized spacial score (nSPS) is 19.9. The van der Waals surface area contributed by atoms with E-state index in [2.05, 4.69) is 10.1 Å². The second-order valence-corrected chi connectivity index (χ2v) is 7.25. The molecule has 0 saturated carbocycles. The molecule has 0 radical (unpaired) electrons. The third kappa shape index (κ3) is 3.46. The van der Waals surface area contributed by atoms with Crippen molar-refractivity contribution in [2.45, 2.75) is 38.6 Å². The van der Waals surface area contributed by atoms with Gasteiger partial charge in [-0.25, -0.2) is 4.98 Å². The monoisotopic (exact) mass is 405 g/mol. The summed E-state index contributed by atoms with van der Waals surface area (Å²) in [5.41, 5.74) is 1.10. The minimum atomic E-state index is -4.49. The van der Waals surface area contributed by atoms with E-state index in [9.17, 15) is 23.1 Å². The number of aliphatic hydroxyl groups is 1. The molecule has 152 valence electrons. The van der Waals surface area contributed by atoms with Crippen LogP contribution in [0.3, 0.4) is 0 Å². The van der Waals surface area contributed by atoms with Crippen molar-refractivity contribution >= 4 is 17.0 Å². The van der Waals surface area contributed by atoms with Crippen molar-refractivity contribution in [3.05, 3.63) is 58.4 Å². The maximum absolute atomic E-state index is 13.4. The number of β-amino-alcohol motifs (C(OH)–C–C–N with tert-alkyl or cyclic N) is 1. The molecule has 3 aromatic rings. The lowest BCUT2D eigenvalue weighted by atomic mass is 10.00. The van der Waals surface area contributed by atoms with Crippen LogP contribution in [0.5, 0.6) is 0 Å². The van der Waals surface area contributed by atoms with Crippen LogP contribution in [-0.2, 0) is 6.18 Å². The summed E-state index contributed by atoms with van der Waals surface area (Å²) in [6, 6.07) is 5.78. The summed E-state index contributed by atoms with van der Waals surface area (Å²) in [4.78, 5) is 19.0. The Morgan fingerprint density at radius 2 is 2.03 bits per heavy atom. The van der Waals surface area contributed by atoms with Gasteiger partial charge in [0.1, 0.15) is 0 Å². The molecule has 0 bridgehead atoms. The maximum atomic E-state index is 13.4. The molecule has 3 heterocycles. The second kappa shape index (κ2) is 6.84. The number of amides is 1. The average molecular weight is 405 g/mol. The zero-order chi connectivity index (χ0) is 20.9. The fourth-order valence-corrected chi connectivity index (χ4v) is 3.82. The van der Waals surface area contributed by atoms with Crippen molar-refractivity contribution < 1.29 is 27.6 Å². The SMILES string of the molecule is Cc1cc(C(=O)N2CC(O)CC2c2cccc(C(F)(F)F)c2)c2c(C)noc2n1. The van der Waals surface area contributed by atoms with Crippen molar-refractivity contribution in [2.24, 2.45) is 0 Å². The van der Waals surface area contributed by atoms with Crippen LogP contribution in [0.1, 0.15) is 45.3 Å². The number of rotatable bonds is 2. The highest BCUT2D eigenvalue weighted by molar-refractivity contribution is 6.06. The zero-order valence-electron chi connectivity index (χ0n) is 15.7. The van der Waals surface area contributed by atoms with E-state index in [0.717, 1.165) is 12.1 Å². The number of fused-ring (bicyclic) bond motifs is 1. The Labute approximate surface area is 163 Å². The highest BCUT2D eigenvalue weighted by atomic mass is 19.4. The fraction of sp³-hybridized carbons (Fsp3) is 0.350. The van der Waals surface area contributed by atoms with Gasteiger partial charge in [0.2, 0.25) is 0 Å². The number of hydrogen-bond acceptors (Lipinski definition) is 5. The lowest BCUT2D eigenvalue weighted by Gasteiger charge is -2.25. The summed E-state index contributed by atoms with van der Waals surface area (Å²) in [6.45, 7) is 3.41. The summed E-state index contributed by atoms with van der Waals surface area (Å²) >= 11 is 0. The van der Waals surface area contributed by atoms with E-state index in [-0.39, 0.29) is 18.7 Å². The van der Waals surface area contributed by atoms with E-state index in [4.69, 9.17) is 4.52 Å². The van der Waals surface area contributed by atoms with Gasteiger partial charge in [0.05, 0.1) is 34.4 Å². The van der Waals surface area contributed by atoms with Crippen LogP contribution < -0.4 is 0 Å². The molecule has 6 nitrogen and oxygen atoms in total. The first-order valence-corrected chi connectivity index (χ1v) is 9.05. The van der Waals surface area contributed by atoms with Crippen molar-refractivity contribution in [3.63, 3.8) is 0 Å². The number of benzene rings is 1. The van der Waals surface area contributed by atoms with Crippen molar-refractivity contribution in [1.29, 1.82) is 0 Å². The van der Waals surface area contributed by atoms with Crippen LogP contribution in [0.25, 0.3) is 11.1 Å². The van der Waals surface area contributed by atoms with Crippen LogP contribution in [0.2, 0.25) is 0 Å². The maximum Gasteiger partial charge on any atom is 0.416 e. The van der Waals surface area contributed by atoms with Gasteiger partial charge in [0, 0.05) is 12.2 Å². The van der Waals surface area contributed by atoms with E-state index in [1.165, 1.54) is 17.0 Å². The second-order valence-electron chi connectivity index (χ2n) is 7.25. The topological polar surface area (TPSA) is 79.5 Å². The summed E-state index contributed by atoms with van der Waals surface area (Å²) < 4.78 is 44.5. The summed E-state index contributed by atoms with van der Waals surface area (Å²) in [7, 11) is 0. The Balaban J connectivity index is 1.76. The molecule has 29 heavy (non-hydrogen) atoms. The van der Waals surface area contributed by atoms with Crippen LogP contribution in [0.15, 0.2) is 34.9 Å². The van der Waals surface area contributed by atoms with Crippen molar-refractivity contribution in [1.82, 2.24) is 15.0 Å². The van der Waals surface area contributed by atoms with Gasteiger partial charge in [-0.05, 0) is 44.0 Å². The molecule has 1 aliphatic heterocycles. The van der Waals surface area contributed by atoms with E-state index in [0.29, 0.717) is 27.9 Å². The number of nitrogens with zero attached hydrogens (tertiary/aromatic N) is 3. The summed E-state index contributed by atoms with van der Waals surface area (Å²) in [6.07, 6.45) is -5.17. The molecule has 1 amide bonds. The first-order chi connectivity index (χ1) is 13.6. The number of pyridine rings is 1. The van der Waals surface area contributed by atoms with Crippen LogP contribution >= 0.6 is 0 Å². The molecule has 1 aliphatic rings. The Kier molecular flexibility index (Phi) is 4.57. The average Bonchev–Trinajstić information content (AvgIpc) is 3.23. The number of alkyl halides is 3. The molecule has 1 fully saturated rings. The minimum absolute atomic E-state index is 0.0208. The number of carbonyl (C=O) groups excluding carboxylic acids is 1. The number of halogens is 3. The molecular weight excluding hydrogens is 387 g/mol. The van der Waals surface area contributed by atoms with Gasteiger partial charge in [0.15, 0.2) is 0 Å². The number of hydrogen-bond donors (Lipinski definition) is 1. The molecule has 0 aliphatic carbocycles. The number of carbonyl (C=O) groups is 1. The van der Waals surface area contributed by atoms with Gasteiger partial charge < -0.3 is 14.5 Å². The van der Waals surface area contributed by atoms with Gasteiger partial charge in [-0.3, -0.25) is 4.79 Å². The van der Waals surface area contributed by atoms with Crippen LogP contribution in [0, 0.1) is 13.8 Å². The number of aromatic nitrogens is 2. The molecule has 2 unspecified atom stereocenters. The fourth-order valence-electron chi connectivity index (χ4n) is 3.82. The molecule has 0 spiro atoms. The molecule has 1 saturated heterocycles. The van der Waals surface area contributed by atoms with Gasteiger partial charge in [-0.2, -0.15) is 13.2 Å². The molecule has 1 N–H and O–H groups in total. The lowest BCUT2D eigenvalue weighted by Crippen LogP contribution is -2.32. The third-order valence-corrected chi connectivity index (χ3v) is 5.11. The highest BCUT2D eigenvalue weighted by Gasteiger charge is 2.38. The van der Waals surface area contributed by atoms with Crippen LogP contribution in [0.4, 0.5) is 13.2 Å². The molecular formula is C20H18F3N3O3. The Morgan fingerprint density at radius 3 is 2.76 bits per heavy atom. The minimum Gasteiger partial charge on any atom is -0.391 e. The van der Waals surface area contributed by atoms with Gasteiger partial charge in [-0.15, -0.1) is 0 Å². The first-order valence-electron chi connectivity index (χ1n) is 9.05. The van der Waals surface area contributed by atoms with Crippen molar-refractivity contribution in [3.8, 4) is 0 Å². The highest BCUT2D eigenvalue weighted by Crippen LogP contribution is 2.37. The number of likely N-dealkylation sites (tertiary alicyclic amines) is 1. The Hall–Kier alpha value is -2.94. The molecule has 1 aromatic carbocycles. The van der Waals surface area contributed by atoms with E-state index < -0.39 is 29.8 Å². The van der Waals surface area contributed by atoms with Crippen LogP contribution in [-0.4, -0.2) is 38.7 Å². The van der Waals surface area contributed by atoms with E-state index >= 15 is 0 Å². The molecule has 9 heteroatoms. The summed E-state index contributed by atoms with van der Waals surface area (Å²) in [5.74, 6) is -0.411. The quantitative estimate of drug-likeness (QED) is 0.702. The Bertz CT molecular complexity index is 1090. The lowest BCUT2D eigenvalue weighted by molar-refractivity contribution is -0.137. The molecule has 4 rings (SSSR count). The van der Waals surface area contributed by atoms with Gasteiger partial charge in [0.25, 0.3) is 11.6 Å². The number of aryl methyl sites for hydroxylation is 2. The number of aliphatic hydroxyl groups excluding tert-OH is 1. The van der Waals surface area contributed by atoms with Gasteiger partial charge >= 0.3 is 6.18 Å².